The van der Waals surface area contributed by atoms with Crippen LogP contribution >= 0.6 is 0 Å². The van der Waals surface area contributed by atoms with Crippen LogP contribution in [-0.4, -0.2) is 40.0 Å². The summed E-state index contributed by atoms with van der Waals surface area (Å²) < 4.78 is 2.19. The highest BCUT2D eigenvalue weighted by Crippen LogP contribution is 2.26. The van der Waals surface area contributed by atoms with Crippen molar-refractivity contribution in [1.82, 2.24) is 14.5 Å². The fraction of sp³-hybridized carbons (Fsp3) is 0.619. The molecule has 2 heterocycles. The number of nitrogens with zero attached hydrogens (tertiary/aromatic N) is 3. The SMILES string of the molecule is Cn1c(CCN2CCCC2)nc2cc(NC(=O)C3CCCCC3)ccc21. The molecule has 0 atom stereocenters. The van der Waals surface area contributed by atoms with E-state index in [1.165, 1.54) is 45.2 Å². The number of fused-ring (bicyclic) bond motifs is 1. The molecule has 1 aromatic carbocycles. The Kier molecular flexibility index (Phi) is 5.25. The van der Waals surface area contributed by atoms with Gasteiger partial charge in [-0.15, -0.1) is 0 Å². The number of nitrogens with one attached hydrogen (secondary N) is 1. The molecule has 2 fully saturated rings. The lowest BCUT2D eigenvalue weighted by Crippen LogP contribution is -2.24. The van der Waals surface area contributed by atoms with Gasteiger partial charge < -0.3 is 14.8 Å². The second-order valence-electron chi connectivity index (χ2n) is 7.91. The summed E-state index contributed by atoms with van der Waals surface area (Å²) in [6, 6.07) is 6.11. The molecular weight excluding hydrogens is 324 g/mol. The van der Waals surface area contributed by atoms with Crippen LogP contribution in [-0.2, 0) is 18.3 Å². The maximum atomic E-state index is 12.5. The first-order valence-corrected chi connectivity index (χ1v) is 10.2. The van der Waals surface area contributed by atoms with Gasteiger partial charge in [-0.05, 0) is 57.0 Å². The predicted octanol–water partition coefficient (Wildman–Crippen LogP) is 3.73. The minimum absolute atomic E-state index is 0.175. The summed E-state index contributed by atoms with van der Waals surface area (Å²) in [5, 5.41) is 3.11. The number of benzene rings is 1. The van der Waals surface area contributed by atoms with Crippen molar-refractivity contribution in [3.63, 3.8) is 0 Å². The zero-order valence-corrected chi connectivity index (χ0v) is 15.8. The Morgan fingerprint density at radius 3 is 2.69 bits per heavy atom. The van der Waals surface area contributed by atoms with Crippen LogP contribution in [0.3, 0.4) is 0 Å². The number of carbonyl (C=O) groups is 1. The molecule has 140 valence electrons. The smallest absolute Gasteiger partial charge is 0.227 e. The van der Waals surface area contributed by atoms with Gasteiger partial charge in [0.15, 0.2) is 0 Å². The molecule has 5 heteroatoms. The number of imidazole rings is 1. The molecule has 1 saturated heterocycles. The number of hydrogen-bond acceptors (Lipinski definition) is 3. The molecule has 5 nitrogen and oxygen atoms in total. The molecule has 1 amide bonds. The third-order valence-corrected chi connectivity index (χ3v) is 6.07. The Morgan fingerprint density at radius 1 is 1.15 bits per heavy atom. The van der Waals surface area contributed by atoms with Gasteiger partial charge in [0, 0.05) is 31.6 Å². The van der Waals surface area contributed by atoms with Gasteiger partial charge in [-0.3, -0.25) is 4.79 Å². The molecule has 1 aromatic heterocycles. The number of anilines is 1. The Hall–Kier alpha value is -1.88. The Labute approximate surface area is 155 Å². The van der Waals surface area contributed by atoms with Gasteiger partial charge in [0.2, 0.25) is 5.91 Å². The van der Waals surface area contributed by atoms with E-state index in [1.807, 2.05) is 12.1 Å². The third-order valence-electron chi connectivity index (χ3n) is 6.07. The van der Waals surface area contributed by atoms with Gasteiger partial charge in [0.1, 0.15) is 5.82 Å². The van der Waals surface area contributed by atoms with Crippen molar-refractivity contribution in [1.29, 1.82) is 0 Å². The summed E-state index contributed by atoms with van der Waals surface area (Å²) in [6.45, 7) is 3.53. The van der Waals surface area contributed by atoms with E-state index in [-0.39, 0.29) is 11.8 Å². The van der Waals surface area contributed by atoms with Crippen LogP contribution in [0.15, 0.2) is 18.2 Å². The summed E-state index contributed by atoms with van der Waals surface area (Å²) in [5.41, 5.74) is 2.99. The molecule has 1 saturated carbocycles. The van der Waals surface area contributed by atoms with E-state index in [0.29, 0.717) is 0 Å². The Bertz CT molecular complexity index is 770. The zero-order valence-electron chi connectivity index (χ0n) is 15.8. The number of rotatable bonds is 5. The Morgan fingerprint density at radius 2 is 1.92 bits per heavy atom. The second-order valence-corrected chi connectivity index (χ2v) is 7.91. The summed E-state index contributed by atoms with van der Waals surface area (Å²) in [6.07, 6.45) is 9.31. The van der Waals surface area contributed by atoms with Crippen LogP contribution < -0.4 is 5.32 Å². The highest BCUT2D eigenvalue weighted by atomic mass is 16.1. The molecule has 0 bridgehead atoms. The summed E-state index contributed by atoms with van der Waals surface area (Å²) in [7, 11) is 2.09. The largest absolute Gasteiger partial charge is 0.331 e. The predicted molar refractivity (Wildman–Crippen MR) is 105 cm³/mol. The van der Waals surface area contributed by atoms with Crippen molar-refractivity contribution in [3.05, 3.63) is 24.0 Å². The third kappa shape index (κ3) is 3.78. The van der Waals surface area contributed by atoms with Crippen molar-refractivity contribution < 1.29 is 4.79 Å². The lowest BCUT2D eigenvalue weighted by Gasteiger charge is -2.20. The summed E-state index contributed by atoms with van der Waals surface area (Å²) >= 11 is 0. The fourth-order valence-corrected chi connectivity index (χ4v) is 4.42. The average molecular weight is 354 g/mol. The van der Waals surface area contributed by atoms with E-state index in [0.717, 1.165) is 48.4 Å². The molecule has 0 spiro atoms. The number of carbonyl (C=O) groups excluding carboxylic acids is 1. The molecule has 1 aliphatic carbocycles. The van der Waals surface area contributed by atoms with Crippen LogP contribution in [0.25, 0.3) is 11.0 Å². The van der Waals surface area contributed by atoms with Crippen LogP contribution in [0.5, 0.6) is 0 Å². The van der Waals surface area contributed by atoms with Crippen molar-refractivity contribution in [2.45, 2.75) is 51.4 Å². The number of aryl methyl sites for hydroxylation is 1. The first-order valence-electron chi connectivity index (χ1n) is 10.2. The van der Waals surface area contributed by atoms with Crippen molar-refractivity contribution >= 4 is 22.6 Å². The van der Waals surface area contributed by atoms with Crippen molar-refractivity contribution in [2.75, 3.05) is 25.0 Å². The van der Waals surface area contributed by atoms with Crippen molar-refractivity contribution in [3.8, 4) is 0 Å². The van der Waals surface area contributed by atoms with Crippen molar-refractivity contribution in [2.24, 2.45) is 13.0 Å². The standard InChI is InChI=1S/C21H30N4O/c1-24-19-10-9-17(22-21(26)16-7-3-2-4-8-16)15-18(19)23-20(24)11-14-25-12-5-6-13-25/h9-10,15-16H,2-8,11-14H2,1H3,(H,22,26). The molecule has 4 rings (SSSR count). The Balaban J connectivity index is 1.45. The number of aromatic nitrogens is 2. The quantitative estimate of drug-likeness (QED) is 0.890. The highest BCUT2D eigenvalue weighted by molar-refractivity contribution is 5.94. The van der Waals surface area contributed by atoms with Crippen LogP contribution in [0.4, 0.5) is 5.69 Å². The van der Waals surface area contributed by atoms with Crippen LogP contribution in [0.1, 0.15) is 50.8 Å². The molecule has 2 aromatic rings. The van der Waals surface area contributed by atoms with E-state index in [9.17, 15) is 4.79 Å². The second kappa shape index (κ2) is 7.78. The fourth-order valence-electron chi connectivity index (χ4n) is 4.42. The first kappa shape index (κ1) is 17.5. The van der Waals surface area contributed by atoms with E-state index >= 15 is 0 Å². The molecule has 0 radical (unpaired) electrons. The molecule has 1 N–H and O–H groups in total. The average Bonchev–Trinajstić information content (AvgIpc) is 3.29. The minimum atomic E-state index is 0.175. The number of likely N-dealkylation sites (tertiary alicyclic amines) is 1. The first-order chi connectivity index (χ1) is 12.7. The van der Waals surface area contributed by atoms with E-state index in [1.54, 1.807) is 0 Å². The normalized spacial score (nSPS) is 19.3. The van der Waals surface area contributed by atoms with E-state index in [2.05, 4.69) is 27.9 Å². The van der Waals surface area contributed by atoms with Gasteiger partial charge in [0.05, 0.1) is 11.0 Å². The highest BCUT2D eigenvalue weighted by Gasteiger charge is 2.21. The maximum Gasteiger partial charge on any atom is 0.227 e. The molecule has 26 heavy (non-hydrogen) atoms. The molecule has 2 aliphatic rings. The molecule has 1 aliphatic heterocycles. The summed E-state index contributed by atoms with van der Waals surface area (Å²) in [5.74, 6) is 1.48. The van der Waals surface area contributed by atoms with E-state index in [4.69, 9.17) is 4.98 Å². The zero-order chi connectivity index (χ0) is 17.9. The topological polar surface area (TPSA) is 50.2 Å². The van der Waals surface area contributed by atoms with Gasteiger partial charge in [0.25, 0.3) is 0 Å². The van der Waals surface area contributed by atoms with E-state index < -0.39 is 0 Å². The monoisotopic (exact) mass is 354 g/mol. The van der Waals surface area contributed by atoms with Crippen LogP contribution in [0.2, 0.25) is 0 Å². The molecule has 0 unspecified atom stereocenters. The molecular formula is C21H30N4O. The van der Waals surface area contributed by atoms with Gasteiger partial charge in [-0.2, -0.15) is 0 Å². The summed E-state index contributed by atoms with van der Waals surface area (Å²) in [4.78, 5) is 19.8. The lowest BCUT2D eigenvalue weighted by atomic mass is 9.88. The maximum absolute atomic E-state index is 12.5. The van der Waals surface area contributed by atoms with Gasteiger partial charge in [-0.25, -0.2) is 4.98 Å². The number of amides is 1. The van der Waals surface area contributed by atoms with Gasteiger partial charge in [-0.1, -0.05) is 19.3 Å². The minimum Gasteiger partial charge on any atom is -0.331 e. The number of hydrogen-bond donors (Lipinski definition) is 1. The van der Waals surface area contributed by atoms with Crippen LogP contribution in [0, 0.1) is 5.92 Å². The lowest BCUT2D eigenvalue weighted by molar-refractivity contribution is -0.120. The van der Waals surface area contributed by atoms with Gasteiger partial charge >= 0.3 is 0 Å².